The Hall–Kier alpha value is -1.41. The number of carbonyl (C=O) groups is 1. The molecule has 1 fully saturated rings. The summed E-state index contributed by atoms with van der Waals surface area (Å²) in [5, 5.41) is 3.16. The molecule has 1 aliphatic rings. The Labute approximate surface area is 150 Å². The number of benzene rings is 1. The zero-order chi connectivity index (χ0) is 17.2. The third-order valence-corrected chi connectivity index (χ3v) is 7.62. The van der Waals surface area contributed by atoms with Crippen LogP contribution in [0.4, 0.5) is 0 Å². The average molecular weight is 385 g/mol. The van der Waals surface area contributed by atoms with E-state index < -0.39 is 10.0 Å². The van der Waals surface area contributed by atoms with Crippen molar-refractivity contribution < 1.29 is 13.2 Å². The van der Waals surface area contributed by atoms with Gasteiger partial charge in [-0.15, -0.1) is 11.3 Å². The van der Waals surface area contributed by atoms with E-state index in [4.69, 9.17) is 11.6 Å². The normalized spacial score (nSPS) is 15.5. The topological polar surface area (TPSA) is 66.5 Å². The molecule has 1 saturated heterocycles. The molecule has 0 radical (unpaired) electrons. The van der Waals surface area contributed by atoms with Crippen LogP contribution >= 0.6 is 22.9 Å². The highest BCUT2D eigenvalue weighted by atomic mass is 35.5. The molecule has 5 nitrogen and oxygen atoms in total. The largest absolute Gasteiger partial charge is 0.347 e. The van der Waals surface area contributed by atoms with Crippen LogP contribution in [-0.4, -0.2) is 31.7 Å². The van der Waals surface area contributed by atoms with Crippen molar-refractivity contribution in [3.8, 4) is 0 Å². The summed E-state index contributed by atoms with van der Waals surface area (Å²) in [6.07, 6.45) is 1.82. The Balaban J connectivity index is 1.66. The zero-order valence-electron chi connectivity index (χ0n) is 12.9. The molecule has 3 rings (SSSR count). The minimum absolute atomic E-state index is 0.268. The average Bonchev–Trinajstić information content (AvgIpc) is 3.25. The minimum Gasteiger partial charge on any atom is -0.347 e. The summed E-state index contributed by atoms with van der Waals surface area (Å²) in [5.41, 5.74) is 0.403. The second kappa shape index (κ2) is 7.23. The Kier molecular flexibility index (Phi) is 5.24. The number of nitrogens with zero attached hydrogens (tertiary/aromatic N) is 1. The molecule has 0 bridgehead atoms. The fourth-order valence-corrected chi connectivity index (χ4v) is 5.74. The number of halogens is 1. The summed E-state index contributed by atoms with van der Waals surface area (Å²) < 4.78 is 26.8. The SMILES string of the molecule is O=C(NCc1ccc(S(=O)(=O)N2CCCC2)s1)c1ccccc1Cl. The molecule has 0 saturated carbocycles. The van der Waals surface area contributed by atoms with E-state index in [1.165, 1.54) is 15.6 Å². The van der Waals surface area contributed by atoms with Crippen LogP contribution in [0.1, 0.15) is 28.1 Å². The van der Waals surface area contributed by atoms with E-state index >= 15 is 0 Å². The number of carbonyl (C=O) groups excluding carboxylic acids is 1. The van der Waals surface area contributed by atoms with Crippen LogP contribution in [0.15, 0.2) is 40.6 Å². The highest BCUT2D eigenvalue weighted by Gasteiger charge is 2.28. The van der Waals surface area contributed by atoms with E-state index in [-0.39, 0.29) is 12.5 Å². The lowest BCUT2D eigenvalue weighted by Crippen LogP contribution is -2.27. The first-order chi connectivity index (χ1) is 11.5. The fourth-order valence-electron chi connectivity index (χ4n) is 2.56. The molecule has 128 valence electrons. The van der Waals surface area contributed by atoms with E-state index in [0.717, 1.165) is 17.7 Å². The summed E-state index contributed by atoms with van der Waals surface area (Å²) in [4.78, 5) is 12.9. The third-order valence-electron chi connectivity index (χ3n) is 3.84. The van der Waals surface area contributed by atoms with Crippen molar-refractivity contribution in [3.05, 3.63) is 51.9 Å². The molecule has 1 amide bonds. The first-order valence-corrected chi connectivity index (χ1v) is 10.2. The Bertz CT molecular complexity index is 843. The van der Waals surface area contributed by atoms with E-state index in [2.05, 4.69) is 5.32 Å². The van der Waals surface area contributed by atoms with Crippen molar-refractivity contribution in [3.63, 3.8) is 0 Å². The van der Waals surface area contributed by atoms with Gasteiger partial charge in [0.1, 0.15) is 4.21 Å². The molecule has 1 aliphatic heterocycles. The third kappa shape index (κ3) is 3.64. The van der Waals surface area contributed by atoms with Crippen LogP contribution in [0.5, 0.6) is 0 Å². The smallest absolute Gasteiger partial charge is 0.253 e. The van der Waals surface area contributed by atoms with Gasteiger partial charge in [-0.1, -0.05) is 23.7 Å². The van der Waals surface area contributed by atoms with Crippen molar-refractivity contribution in [2.24, 2.45) is 0 Å². The lowest BCUT2D eigenvalue weighted by atomic mass is 10.2. The van der Waals surface area contributed by atoms with E-state index in [0.29, 0.717) is 27.9 Å². The second-order valence-electron chi connectivity index (χ2n) is 5.49. The maximum atomic E-state index is 12.5. The molecule has 2 heterocycles. The van der Waals surface area contributed by atoms with E-state index in [1.54, 1.807) is 36.4 Å². The number of thiophene rings is 1. The van der Waals surface area contributed by atoms with E-state index in [9.17, 15) is 13.2 Å². The molecule has 2 aromatic rings. The molecule has 24 heavy (non-hydrogen) atoms. The van der Waals surface area contributed by atoms with Gasteiger partial charge in [-0.05, 0) is 37.1 Å². The Morgan fingerprint density at radius 3 is 2.58 bits per heavy atom. The highest BCUT2D eigenvalue weighted by molar-refractivity contribution is 7.91. The van der Waals surface area contributed by atoms with Crippen molar-refractivity contribution in [1.29, 1.82) is 0 Å². The van der Waals surface area contributed by atoms with Crippen molar-refractivity contribution in [2.45, 2.75) is 23.6 Å². The molecular formula is C16H17ClN2O3S2. The molecular weight excluding hydrogens is 368 g/mol. The van der Waals surface area contributed by atoms with Gasteiger partial charge in [-0.3, -0.25) is 4.79 Å². The maximum absolute atomic E-state index is 12.5. The predicted octanol–water partition coefficient (Wildman–Crippen LogP) is 3.12. The van der Waals surface area contributed by atoms with Crippen LogP contribution in [0.2, 0.25) is 5.02 Å². The van der Waals surface area contributed by atoms with Gasteiger partial charge in [-0.25, -0.2) is 8.42 Å². The molecule has 0 aliphatic carbocycles. The van der Waals surface area contributed by atoms with Gasteiger partial charge in [0, 0.05) is 18.0 Å². The lowest BCUT2D eigenvalue weighted by molar-refractivity contribution is 0.0951. The zero-order valence-corrected chi connectivity index (χ0v) is 15.3. The molecule has 1 aromatic carbocycles. The summed E-state index contributed by atoms with van der Waals surface area (Å²) in [6.45, 7) is 1.43. The molecule has 0 unspecified atom stereocenters. The van der Waals surface area contributed by atoms with Crippen LogP contribution in [0.3, 0.4) is 0 Å². The first kappa shape index (κ1) is 17.4. The summed E-state index contributed by atoms with van der Waals surface area (Å²) in [7, 11) is -3.40. The summed E-state index contributed by atoms with van der Waals surface area (Å²) >= 11 is 7.19. The highest BCUT2D eigenvalue weighted by Crippen LogP contribution is 2.27. The fraction of sp³-hybridized carbons (Fsp3) is 0.312. The van der Waals surface area contributed by atoms with Gasteiger partial charge in [0.15, 0.2) is 0 Å². The Morgan fingerprint density at radius 1 is 1.17 bits per heavy atom. The van der Waals surface area contributed by atoms with Gasteiger partial charge in [0.05, 0.1) is 17.1 Å². The van der Waals surface area contributed by atoms with Gasteiger partial charge in [-0.2, -0.15) is 4.31 Å². The lowest BCUT2D eigenvalue weighted by Gasteiger charge is -2.13. The maximum Gasteiger partial charge on any atom is 0.253 e. The van der Waals surface area contributed by atoms with Crippen molar-refractivity contribution in [2.75, 3.05) is 13.1 Å². The number of rotatable bonds is 5. The van der Waals surface area contributed by atoms with Gasteiger partial charge < -0.3 is 5.32 Å². The van der Waals surface area contributed by atoms with Crippen molar-refractivity contribution in [1.82, 2.24) is 9.62 Å². The first-order valence-electron chi connectivity index (χ1n) is 7.60. The molecule has 1 aromatic heterocycles. The van der Waals surface area contributed by atoms with E-state index in [1.807, 2.05) is 0 Å². The standard InChI is InChI=1S/C16H17ClN2O3S2/c17-14-6-2-1-5-13(14)16(20)18-11-12-7-8-15(23-12)24(21,22)19-9-3-4-10-19/h1-2,5-8H,3-4,9-11H2,(H,18,20). The number of nitrogens with one attached hydrogen (secondary N) is 1. The van der Waals surface area contributed by atoms with Crippen molar-refractivity contribution >= 4 is 38.9 Å². The molecule has 0 atom stereocenters. The van der Waals surface area contributed by atoms with Gasteiger partial charge in [0.25, 0.3) is 15.9 Å². The number of hydrogen-bond acceptors (Lipinski definition) is 4. The molecule has 1 N–H and O–H groups in total. The van der Waals surface area contributed by atoms with Crippen LogP contribution in [0.25, 0.3) is 0 Å². The Morgan fingerprint density at radius 2 is 1.88 bits per heavy atom. The number of sulfonamides is 1. The number of hydrogen-bond donors (Lipinski definition) is 1. The number of amides is 1. The summed E-state index contributed by atoms with van der Waals surface area (Å²) in [6, 6.07) is 10.1. The van der Waals surface area contributed by atoms with Crippen LogP contribution in [0, 0.1) is 0 Å². The summed E-state index contributed by atoms with van der Waals surface area (Å²) in [5.74, 6) is -0.280. The quantitative estimate of drug-likeness (QED) is 0.861. The minimum atomic E-state index is -3.40. The van der Waals surface area contributed by atoms with Crippen LogP contribution < -0.4 is 5.32 Å². The monoisotopic (exact) mass is 384 g/mol. The van der Waals surface area contributed by atoms with Gasteiger partial charge >= 0.3 is 0 Å². The predicted molar refractivity (Wildman–Crippen MR) is 94.9 cm³/mol. The molecule has 0 spiro atoms. The molecule has 8 heteroatoms. The van der Waals surface area contributed by atoms with Crippen LogP contribution in [-0.2, 0) is 16.6 Å². The second-order valence-corrected chi connectivity index (χ2v) is 9.23. The van der Waals surface area contributed by atoms with Gasteiger partial charge in [0.2, 0.25) is 0 Å².